The van der Waals surface area contributed by atoms with Gasteiger partial charge in [-0.2, -0.15) is 0 Å². The molecule has 1 saturated heterocycles. The van der Waals surface area contributed by atoms with Gasteiger partial charge in [-0.1, -0.05) is 6.07 Å². The first-order valence-electron chi connectivity index (χ1n) is 5.39. The topological polar surface area (TPSA) is 21.3 Å². The smallest absolute Gasteiger partial charge is 0.165 e. The van der Waals surface area contributed by atoms with Crippen LogP contribution >= 0.6 is 0 Å². The van der Waals surface area contributed by atoms with E-state index in [9.17, 15) is 8.78 Å². The van der Waals surface area contributed by atoms with Gasteiger partial charge in [0.25, 0.3) is 0 Å². The van der Waals surface area contributed by atoms with Gasteiger partial charge in [0.15, 0.2) is 11.6 Å². The molecule has 4 heteroatoms. The fraction of sp³-hybridized carbons (Fsp3) is 0.500. The van der Waals surface area contributed by atoms with Crippen molar-refractivity contribution in [1.82, 2.24) is 5.32 Å². The predicted molar refractivity (Wildman–Crippen MR) is 57.8 cm³/mol. The number of hydrogen-bond donors (Lipinski definition) is 1. The molecule has 88 valence electrons. The van der Waals surface area contributed by atoms with Crippen LogP contribution in [0.25, 0.3) is 0 Å². The van der Waals surface area contributed by atoms with Gasteiger partial charge in [0, 0.05) is 6.54 Å². The molecule has 0 aliphatic carbocycles. The molecule has 1 fully saturated rings. The van der Waals surface area contributed by atoms with Gasteiger partial charge < -0.3 is 10.1 Å². The lowest BCUT2D eigenvalue weighted by atomic mass is 9.88. The molecule has 1 atom stereocenters. The van der Waals surface area contributed by atoms with Crippen LogP contribution in [-0.4, -0.2) is 20.2 Å². The Kier molecular flexibility index (Phi) is 3.10. The van der Waals surface area contributed by atoms with Crippen molar-refractivity contribution >= 4 is 0 Å². The Bertz CT molecular complexity index is 375. The third-order valence-corrected chi connectivity index (χ3v) is 3.00. The molecule has 2 rings (SSSR count). The standard InChI is InChI=1S/C12H15F2NO/c1-16-11-4-3-9(7-10(11)13)12(14)5-2-6-15-8-12/h3-4,7,15H,2,5-6,8H2,1H3. The number of piperidine rings is 1. The summed E-state index contributed by atoms with van der Waals surface area (Å²) >= 11 is 0. The van der Waals surface area contributed by atoms with E-state index in [4.69, 9.17) is 4.74 Å². The van der Waals surface area contributed by atoms with Crippen LogP contribution in [0.15, 0.2) is 18.2 Å². The average molecular weight is 227 g/mol. The Morgan fingerprint density at radius 3 is 2.81 bits per heavy atom. The summed E-state index contributed by atoms with van der Waals surface area (Å²) in [5.74, 6) is -0.362. The van der Waals surface area contributed by atoms with Gasteiger partial charge in [-0.3, -0.25) is 0 Å². The number of halogens is 2. The van der Waals surface area contributed by atoms with Gasteiger partial charge in [0.05, 0.1) is 7.11 Å². The molecular weight excluding hydrogens is 212 g/mol. The molecule has 0 amide bonds. The van der Waals surface area contributed by atoms with Gasteiger partial charge in [0.2, 0.25) is 0 Å². The Balaban J connectivity index is 2.29. The first-order valence-corrected chi connectivity index (χ1v) is 5.39. The summed E-state index contributed by atoms with van der Waals surface area (Å²) in [6.07, 6.45) is 1.20. The number of rotatable bonds is 2. The van der Waals surface area contributed by atoms with Crippen molar-refractivity contribution in [3.8, 4) is 5.75 Å². The van der Waals surface area contributed by atoms with Gasteiger partial charge in [-0.05, 0) is 37.1 Å². The summed E-state index contributed by atoms with van der Waals surface area (Å²) in [5, 5.41) is 2.99. The second-order valence-corrected chi connectivity index (χ2v) is 4.09. The molecule has 1 aliphatic rings. The van der Waals surface area contributed by atoms with Crippen LogP contribution in [0.1, 0.15) is 18.4 Å². The lowest BCUT2D eigenvalue weighted by Gasteiger charge is -2.30. The summed E-state index contributed by atoms with van der Waals surface area (Å²) in [4.78, 5) is 0. The lowest BCUT2D eigenvalue weighted by molar-refractivity contribution is 0.121. The van der Waals surface area contributed by atoms with E-state index in [2.05, 4.69) is 5.32 Å². The van der Waals surface area contributed by atoms with E-state index >= 15 is 0 Å². The zero-order valence-electron chi connectivity index (χ0n) is 9.22. The highest BCUT2D eigenvalue weighted by molar-refractivity contribution is 5.33. The number of alkyl halides is 1. The molecule has 2 nitrogen and oxygen atoms in total. The third-order valence-electron chi connectivity index (χ3n) is 3.00. The Hall–Kier alpha value is -1.16. The van der Waals surface area contributed by atoms with E-state index in [-0.39, 0.29) is 12.3 Å². The molecule has 1 aromatic carbocycles. The molecule has 0 spiro atoms. The van der Waals surface area contributed by atoms with E-state index in [1.54, 1.807) is 6.07 Å². The van der Waals surface area contributed by atoms with E-state index in [0.29, 0.717) is 12.0 Å². The maximum atomic E-state index is 14.5. The Labute approximate surface area is 93.6 Å². The largest absolute Gasteiger partial charge is 0.494 e. The first kappa shape index (κ1) is 11.3. The van der Waals surface area contributed by atoms with E-state index in [1.807, 2.05) is 0 Å². The lowest BCUT2D eigenvalue weighted by Crippen LogP contribution is -2.40. The average Bonchev–Trinajstić information content (AvgIpc) is 2.30. The number of benzene rings is 1. The molecule has 1 unspecified atom stereocenters. The number of ether oxygens (including phenoxy) is 1. The second-order valence-electron chi connectivity index (χ2n) is 4.09. The number of methoxy groups -OCH3 is 1. The minimum Gasteiger partial charge on any atom is -0.494 e. The summed E-state index contributed by atoms with van der Waals surface area (Å²) in [5.41, 5.74) is -1.07. The van der Waals surface area contributed by atoms with Crippen LogP contribution in [0.3, 0.4) is 0 Å². The van der Waals surface area contributed by atoms with Crippen LogP contribution in [-0.2, 0) is 5.67 Å². The van der Waals surface area contributed by atoms with Crippen molar-refractivity contribution in [3.63, 3.8) is 0 Å². The number of hydrogen-bond acceptors (Lipinski definition) is 2. The molecule has 16 heavy (non-hydrogen) atoms. The van der Waals surface area contributed by atoms with E-state index in [1.165, 1.54) is 19.2 Å². The minimum absolute atomic E-state index is 0.149. The van der Waals surface area contributed by atoms with E-state index < -0.39 is 11.5 Å². The highest BCUT2D eigenvalue weighted by Crippen LogP contribution is 2.34. The van der Waals surface area contributed by atoms with Crippen LogP contribution in [0.4, 0.5) is 8.78 Å². The highest BCUT2D eigenvalue weighted by atomic mass is 19.1. The second kappa shape index (κ2) is 4.37. The highest BCUT2D eigenvalue weighted by Gasteiger charge is 2.34. The summed E-state index contributed by atoms with van der Waals surface area (Å²) in [7, 11) is 1.39. The van der Waals surface area contributed by atoms with Crippen molar-refractivity contribution in [2.45, 2.75) is 18.5 Å². The molecule has 1 N–H and O–H groups in total. The van der Waals surface area contributed by atoms with Crippen molar-refractivity contribution < 1.29 is 13.5 Å². The molecule has 0 bridgehead atoms. The monoisotopic (exact) mass is 227 g/mol. The molecule has 0 radical (unpaired) electrons. The fourth-order valence-corrected chi connectivity index (χ4v) is 2.06. The molecule has 0 aromatic heterocycles. The minimum atomic E-state index is -1.45. The van der Waals surface area contributed by atoms with E-state index in [0.717, 1.165) is 13.0 Å². The summed E-state index contributed by atoms with van der Waals surface area (Å²) < 4.78 is 32.7. The van der Waals surface area contributed by atoms with Crippen molar-refractivity contribution in [2.24, 2.45) is 0 Å². The van der Waals surface area contributed by atoms with Gasteiger partial charge in [-0.15, -0.1) is 0 Å². The molecule has 0 saturated carbocycles. The maximum Gasteiger partial charge on any atom is 0.165 e. The predicted octanol–water partition coefficient (Wildman–Crippen LogP) is 2.38. The summed E-state index contributed by atoms with van der Waals surface area (Å²) in [6.45, 7) is 1.07. The Morgan fingerprint density at radius 1 is 1.44 bits per heavy atom. The first-order chi connectivity index (χ1) is 7.65. The molecular formula is C12H15F2NO. The fourth-order valence-electron chi connectivity index (χ4n) is 2.06. The summed E-state index contributed by atoms with van der Waals surface area (Å²) in [6, 6.07) is 4.29. The van der Waals surface area contributed by atoms with Crippen LogP contribution in [0.5, 0.6) is 5.75 Å². The normalized spacial score (nSPS) is 25.4. The van der Waals surface area contributed by atoms with Crippen LogP contribution in [0.2, 0.25) is 0 Å². The van der Waals surface area contributed by atoms with Crippen molar-refractivity contribution in [3.05, 3.63) is 29.6 Å². The molecule has 1 aromatic rings. The van der Waals surface area contributed by atoms with Crippen molar-refractivity contribution in [2.75, 3.05) is 20.2 Å². The van der Waals surface area contributed by atoms with Crippen molar-refractivity contribution in [1.29, 1.82) is 0 Å². The SMILES string of the molecule is COc1ccc(C2(F)CCCNC2)cc1F. The van der Waals surface area contributed by atoms with Gasteiger partial charge >= 0.3 is 0 Å². The van der Waals surface area contributed by atoms with Gasteiger partial charge in [0.1, 0.15) is 5.67 Å². The molecule has 1 heterocycles. The van der Waals surface area contributed by atoms with Crippen LogP contribution in [0, 0.1) is 5.82 Å². The van der Waals surface area contributed by atoms with Gasteiger partial charge in [-0.25, -0.2) is 8.78 Å². The maximum absolute atomic E-state index is 14.5. The third kappa shape index (κ3) is 2.02. The zero-order valence-corrected chi connectivity index (χ0v) is 9.22. The Morgan fingerprint density at radius 2 is 2.25 bits per heavy atom. The van der Waals surface area contributed by atoms with Crippen LogP contribution < -0.4 is 10.1 Å². The zero-order chi connectivity index (χ0) is 11.6. The molecule has 1 aliphatic heterocycles. The quantitative estimate of drug-likeness (QED) is 0.837. The number of nitrogens with one attached hydrogen (secondary N) is 1.